The first-order valence-electron chi connectivity index (χ1n) is 6.06. The summed E-state index contributed by atoms with van der Waals surface area (Å²) in [5.41, 5.74) is 5.51. The van der Waals surface area contributed by atoms with Gasteiger partial charge in [0.1, 0.15) is 17.7 Å². The van der Waals surface area contributed by atoms with Crippen LogP contribution in [0.1, 0.15) is 19.7 Å². The molecule has 0 aromatic carbocycles. The molecule has 20 heavy (non-hydrogen) atoms. The molecule has 0 unspecified atom stereocenters. The van der Waals surface area contributed by atoms with Crippen LogP contribution in [-0.2, 0) is 16.8 Å². The highest BCUT2D eigenvalue weighted by atomic mass is 35.5. The normalized spacial score (nSPS) is 11.8. The van der Waals surface area contributed by atoms with Crippen LogP contribution in [0, 0.1) is 0 Å². The summed E-state index contributed by atoms with van der Waals surface area (Å²) in [6.07, 6.45) is 1.85. The summed E-state index contributed by atoms with van der Waals surface area (Å²) in [6.45, 7) is 3.42. The van der Waals surface area contributed by atoms with E-state index >= 15 is 0 Å². The van der Waals surface area contributed by atoms with Crippen LogP contribution in [0.4, 0.5) is 0 Å². The minimum atomic E-state index is -0.977. The summed E-state index contributed by atoms with van der Waals surface area (Å²) in [6, 6.07) is 0. The third-order valence-corrected chi connectivity index (χ3v) is 3.34. The molecule has 0 bridgehead atoms. The molecule has 0 fully saturated rings. The zero-order valence-corrected chi connectivity index (χ0v) is 12.3. The van der Waals surface area contributed by atoms with Crippen LogP contribution in [0.5, 0.6) is 5.88 Å². The number of nitrogens with zero attached hydrogens (tertiary/aromatic N) is 4. The van der Waals surface area contributed by atoms with Gasteiger partial charge in [0, 0.05) is 12.3 Å². The third-order valence-electron chi connectivity index (χ3n) is 3.15. The Kier molecular flexibility index (Phi) is 3.80. The number of primary amides is 1. The van der Waals surface area contributed by atoms with Gasteiger partial charge in [-0.3, -0.25) is 9.36 Å². The fourth-order valence-electron chi connectivity index (χ4n) is 2.02. The predicted octanol–water partition coefficient (Wildman–Crippen LogP) is 0.837. The van der Waals surface area contributed by atoms with Gasteiger partial charge in [-0.2, -0.15) is 4.98 Å². The molecule has 0 saturated heterocycles. The summed E-state index contributed by atoms with van der Waals surface area (Å²) in [7, 11) is 1.50. The SMILES string of the molecule is COc1ncnc2c1nc(CCCl)n2C(C)(C)C(N)=O. The second kappa shape index (κ2) is 5.24. The summed E-state index contributed by atoms with van der Waals surface area (Å²) >= 11 is 5.80. The number of halogens is 1. The van der Waals surface area contributed by atoms with Gasteiger partial charge in [0.05, 0.1) is 7.11 Å². The molecular formula is C12H16ClN5O2. The Labute approximate surface area is 121 Å². The molecular weight excluding hydrogens is 282 g/mol. The summed E-state index contributed by atoms with van der Waals surface area (Å²) in [5.74, 6) is 0.862. The lowest BCUT2D eigenvalue weighted by Gasteiger charge is -2.25. The van der Waals surface area contributed by atoms with Crippen molar-refractivity contribution < 1.29 is 9.53 Å². The van der Waals surface area contributed by atoms with Gasteiger partial charge in [-0.25, -0.2) is 9.97 Å². The third kappa shape index (κ3) is 2.18. The Morgan fingerprint density at radius 2 is 2.20 bits per heavy atom. The summed E-state index contributed by atoms with van der Waals surface area (Å²) in [4.78, 5) is 24.4. The molecule has 0 radical (unpaired) electrons. The molecule has 0 saturated carbocycles. The van der Waals surface area contributed by atoms with E-state index in [1.54, 1.807) is 18.4 Å². The van der Waals surface area contributed by atoms with Crippen LogP contribution >= 0.6 is 11.6 Å². The van der Waals surface area contributed by atoms with Crippen molar-refractivity contribution in [3.63, 3.8) is 0 Å². The van der Waals surface area contributed by atoms with E-state index in [0.717, 1.165) is 0 Å². The minimum absolute atomic E-state index is 0.352. The van der Waals surface area contributed by atoms with Crippen molar-refractivity contribution in [2.45, 2.75) is 25.8 Å². The molecule has 0 aliphatic carbocycles. The molecule has 0 spiro atoms. The number of amides is 1. The first kappa shape index (κ1) is 14.5. The van der Waals surface area contributed by atoms with Crippen molar-refractivity contribution in [3.8, 4) is 5.88 Å². The molecule has 0 atom stereocenters. The van der Waals surface area contributed by atoms with E-state index in [2.05, 4.69) is 15.0 Å². The monoisotopic (exact) mass is 297 g/mol. The number of rotatable bonds is 5. The number of fused-ring (bicyclic) bond motifs is 1. The van der Waals surface area contributed by atoms with Crippen molar-refractivity contribution in [2.75, 3.05) is 13.0 Å². The van der Waals surface area contributed by atoms with Crippen LogP contribution in [0.25, 0.3) is 11.2 Å². The number of hydrogen-bond acceptors (Lipinski definition) is 5. The fourth-order valence-corrected chi connectivity index (χ4v) is 2.18. The second-order valence-corrected chi connectivity index (χ2v) is 5.16. The number of hydrogen-bond donors (Lipinski definition) is 1. The largest absolute Gasteiger partial charge is 0.479 e. The average Bonchev–Trinajstić information content (AvgIpc) is 2.77. The van der Waals surface area contributed by atoms with Crippen LogP contribution in [0.3, 0.4) is 0 Å². The van der Waals surface area contributed by atoms with E-state index in [-0.39, 0.29) is 0 Å². The van der Waals surface area contributed by atoms with Crippen molar-refractivity contribution in [3.05, 3.63) is 12.2 Å². The van der Waals surface area contributed by atoms with E-state index in [9.17, 15) is 4.79 Å². The Morgan fingerprint density at radius 1 is 1.50 bits per heavy atom. The first-order valence-corrected chi connectivity index (χ1v) is 6.59. The van der Waals surface area contributed by atoms with Crippen molar-refractivity contribution >= 4 is 28.7 Å². The zero-order valence-electron chi connectivity index (χ0n) is 11.6. The van der Waals surface area contributed by atoms with Gasteiger partial charge in [-0.15, -0.1) is 11.6 Å². The molecule has 8 heteroatoms. The maximum atomic E-state index is 11.7. The van der Waals surface area contributed by atoms with E-state index in [1.165, 1.54) is 13.4 Å². The van der Waals surface area contributed by atoms with Gasteiger partial charge < -0.3 is 10.5 Å². The lowest BCUT2D eigenvalue weighted by atomic mass is 10.0. The molecule has 108 valence electrons. The second-order valence-electron chi connectivity index (χ2n) is 4.78. The molecule has 1 amide bonds. The minimum Gasteiger partial charge on any atom is -0.479 e. The number of imidazole rings is 1. The van der Waals surface area contributed by atoms with E-state index in [4.69, 9.17) is 22.1 Å². The van der Waals surface area contributed by atoms with Crippen LogP contribution < -0.4 is 10.5 Å². The molecule has 2 aromatic heterocycles. The Balaban J connectivity index is 2.79. The number of carbonyl (C=O) groups is 1. The highest BCUT2D eigenvalue weighted by Crippen LogP contribution is 2.28. The number of aromatic nitrogens is 4. The number of aryl methyl sites for hydroxylation is 1. The maximum absolute atomic E-state index is 11.7. The average molecular weight is 298 g/mol. The zero-order chi connectivity index (χ0) is 14.9. The summed E-state index contributed by atoms with van der Waals surface area (Å²) < 4.78 is 6.86. The molecule has 2 heterocycles. The molecule has 2 N–H and O–H groups in total. The van der Waals surface area contributed by atoms with Crippen LogP contribution in [-0.4, -0.2) is 38.4 Å². The van der Waals surface area contributed by atoms with Gasteiger partial charge in [-0.05, 0) is 13.8 Å². The van der Waals surface area contributed by atoms with E-state index in [1.807, 2.05) is 0 Å². The van der Waals surface area contributed by atoms with Crippen LogP contribution in [0.2, 0.25) is 0 Å². The van der Waals surface area contributed by atoms with Crippen molar-refractivity contribution in [1.82, 2.24) is 19.5 Å². The summed E-state index contributed by atoms with van der Waals surface area (Å²) in [5, 5.41) is 0. The highest BCUT2D eigenvalue weighted by Gasteiger charge is 2.33. The molecule has 7 nitrogen and oxygen atoms in total. The fraction of sp³-hybridized carbons (Fsp3) is 0.500. The molecule has 0 aliphatic heterocycles. The lowest BCUT2D eigenvalue weighted by Crippen LogP contribution is -2.42. The maximum Gasteiger partial charge on any atom is 0.245 e. The van der Waals surface area contributed by atoms with Gasteiger partial charge in [0.15, 0.2) is 11.2 Å². The highest BCUT2D eigenvalue weighted by molar-refractivity contribution is 6.17. The smallest absolute Gasteiger partial charge is 0.245 e. The van der Waals surface area contributed by atoms with E-state index < -0.39 is 11.4 Å². The van der Waals surface area contributed by atoms with E-state index in [0.29, 0.717) is 35.2 Å². The van der Waals surface area contributed by atoms with Gasteiger partial charge in [0.2, 0.25) is 11.8 Å². The van der Waals surface area contributed by atoms with Gasteiger partial charge >= 0.3 is 0 Å². The first-order chi connectivity index (χ1) is 9.43. The molecule has 2 aromatic rings. The lowest BCUT2D eigenvalue weighted by molar-refractivity contribution is -0.125. The van der Waals surface area contributed by atoms with Crippen molar-refractivity contribution in [2.24, 2.45) is 5.73 Å². The van der Waals surface area contributed by atoms with Gasteiger partial charge in [0.25, 0.3) is 0 Å². The van der Waals surface area contributed by atoms with Crippen LogP contribution in [0.15, 0.2) is 6.33 Å². The van der Waals surface area contributed by atoms with Crippen molar-refractivity contribution in [1.29, 1.82) is 0 Å². The standard InChI is InChI=1S/C12H16ClN5O2/c1-12(2,11(14)19)18-7(4-5-13)17-8-9(18)15-6-16-10(8)20-3/h6H,4-5H2,1-3H3,(H2,14,19). The number of nitrogens with two attached hydrogens (primary N) is 1. The number of ether oxygens (including phenoxy) is 1. The Morgan fingerprint density at radius 3 is 2.75 bits per heavy atom. The van der Waals surface area contributed by atoms with Gasteiger partial charge in [-0.1, -0.05) is 0 Å². The number of methoxy groups -OCH3 is 1. The number of carbonyl (C=O) groups excluding carboxylic acids is 1. The molecule has 0 aliphatic rings. The Hall–Kier alpha value is -1.89. The predicted molar refractivity (Wildman–Crippen MR) is 74.8 cm³/mol. The molecule has 2 rings (SSSR count). The Bertz CT molecular complexity index is 653. The topological polar surface area (TPSA) is 95.9 Å². The quantitative estimate of drug-likeness (QED) is 0.825. The number of alkyl halides is 1.